The van der Waals surface area contributed by atoms with E-state index in [0.29, 0.717) is 26.0 Å². The summed E-state index contributed by atoms with van der Waals surface area (Å²) >= 11 is 0. The second-order valence-electron chi connectivity index (χ2n) is 2.09. The van der Waals surface area contributed by atoms with Gasteiger partial charge in [-0.05, 0) is 14.0 Å². The first-order chi connectivity index (χ1) is 5.27. The van der Waals surface area contributed by atoms with Crippen molar-refractivity contribution < 1.29 is 9.47 Å². The lowest BCUT2D eigenvalue weighted by atomic mass is 10.7. The van der Waals surface area contributed by atoms with Crippen LogP contribution in [0.5, 0.6) is 0 Å². The van der Waals surface area contributed by atoms with E-state index in [9.17, 15) is 0 Å². The van der Waals surface area contributed by atoms with Crippen LogP contribution in [0.4, 0.5) is 0 Å². The Bertz CT molecular complexity index is 107. The Hall–Kier alpha value is -0.580. The zero-order chi connectivity index (χ0) is 8.53. The van der Waals surface area contributed by atoms with Crippen molar-refractivity contribution in [1.29, 1.82) is 0 Å². The molecule has 0 amide bonds. The third kappa shape index (κ3) is 9.42. The lowest BCUT2D eigenvalue weighted by molar-refractivity contribution is 0.0757. The zero-order valence-corrected chi connectivity index (χ0v) is 7.14. The van der Waals surface area contributed by atoms with Crippen molar-refractivity contribution in [2.24, 2.45) is 0 Å². The van der Waals surface area contributed by atoms with Gasteiger partial charge in [0, 0.05) is 0 Å². The fourth-order valence-corrected chi connectivity index (χ4v) is 0.441. The number of hydrogen-bond donors (Lipinski definition) is 2. The standard InChI is InChI=1S/C7H16N2O2/c1-7(2)11-6-9-5-10-4-8-3/h8-9H,1,4-6H2,2-3H3. The predicted octanol–water partition coefficient (Wildman–Crippen LogP) is 0.235. The summed E-state index contributed by atoms with van der Waals surface area (Å²) in [5.74, 6) is 0.700. The van der Waals surface area contributed by atoms with Gasteiger partial charge >= 0.3 is 0 Å². The SMILES string of the molecule is C=C(C)OCNCOCNC. The van der Waals surface area contributed by atoms with Crippen molar-refractivity contribution in [3.05, 3.63) is 12.3 Å². The Morgan fingerprint density at radius 3 is 2.64 bits per heavy atom. The lowest BCUT2D eigenvalue weighted by Gasteiger charge is -2.06. The van der Waals surface area contributed by atoms with Crippen LogP contribution in [0.25, 0.3) is 0 Å². The van der Waals surface area contributed by atoms with Gasteiger partial charge in [0.2, 0.25) is 0 Å². The third-order valence-corrected chi connectivity index (χ3v) is 0.871. The van der Waals surface area contributed by atoms with Crippen LogP contribution in [0, 0.1) is 0 Å². The molecule has 0 unspecified atom stereocenters. The van der Waals surface area contributed by atoms with E-state index in [4.69, 9.17) is 9.47 Å². The maximum atomic E-state index is 5.03. The maximum absolute atomic E-state index is 5.03. The molecule has 0 aliphatic rings. The molecule has 4 heteroatoms. The van der Waals surface area contributed by atoms with Crippen molar-refractivity contribution in [1.82, 2.24) is 10.6 Å². The molecule has 4 nitrogen and oxygen atoms in total. The Labute approximate surface area is 67.6 Å². The van der Waals surface area contributed by atoms with Crippen LogP contribution in [0.3, 0.4) is 0 Å². The Morgan fingerprint density at radius 2 is 2.09 bits per heavy atom. The van der Waals surface area contributed by atoms with Crippen LogP contribution in [0.2, 0.25) is 0 Å². The second kappa shape index (κ2) is 7.53. The molecular weight excluding hydrogens is 144 g/mol. The molecular formula is C7H16N2O2. The highest BCUT2D eigenvalue weighted by Gasteiger charge is 1.85. The second-order valence-corrected chi connectivity index (χ2v) is 2.09. The normalized spacial score (nSPS) is 9.64. The molecule has 2 N–H and O–H groups in total. The van der Waals surface area contributed by atoms with Crippen molar-refractivity contribution in [3.8, 4) is 0 Å². The molecule has 0 rings (SSSR count). The van der Waals surface area contributed by atoms with Gasteiger partial charge in [0.1, 0.15) is 13.5 Å². The van der Waals surface area contributed by atoms with Crippen LogP contribution >= 0.6 is 0 Å². The summed E-state index contributed by atoms with van der Waals surface area (Å²) < 4.78 is 10.0. The molecule has 0 aromatic rings. The Morgan fingerprint density at radius 1 is 1.36 bits per heavy atom. The topological polar surface area (TPSA) is 42.5 Å². The van der Waals surface area contributed by atoms with Gasteiger partial charge in [0.05, 0.1) is 12.5 Å². The van der Waals surface area contributed by atoms with Crippen LogP contribution in [0.15, 0.2) is 12.3 Å². The highest BCUT2D eigenvalue weighted by molar-refractivity contribution is 4.72. The smallest absolute Gasteiger partial charge is 0.140 e. The van der Waals surface area contributed by atoms with Crippen LogP contribution in [0.1, 0.15) is 6.92 Å². The highest BCUT2D eigenvalue weighted by atomic mass is 16.5. The minimum atomic E-state index is 0.443. The lowest BCUT2D eigenvalue weighted by Crippen LogP contribution is -2.24. The number of nitrogens with one attached hydrogen (secondary N) is 2. The van der Waals surface area contributed by atoms with Gasteiger partial charge in [-0.25, -0.2) is 0 Å². The van der Waals surface area contributed by atoms with E-state index in [1.807, 2.05) is 7.05 Å². The van der Waals surface area contributed by atoms with E-state index in [1.165, 1.54) is 0 Å². The Kier molecular flexibility index (Phi) is 7.13. The molecule has 0 aromatic carbocycles. The van der Waals surface area contributed by atoms with Crippen molar-refractivity contribution in [2.75, 3.05) is 27.2 Å². The monoisotopic (exact) mass is 160 g/mol. The van der Waals surface area contributed by atoms with Gasteiger partial charge in [0.25, 0.3) is 0 Å². The van der Waals surface area contributed by atoms with Gasteiger partial charge in [-0.3, -0.25) is 10.6 Å². The van der Waals surface area contributed by atoms with E-state index >= 15 is 0 Å². The number of allylic oxidation sites excluding steroid dienone is 1. The fraction of sp³-hybridized carbons (Fsp3) is 0.714. The molecule has 0 heterocycles. The van der Waals surface area contributed by atoms with E-state index in [-0.39, 0.29) is 0 Å². The minimum Gasteiger partial charge on any atom is -0.484 e. The zero-order valence-electron chi connectivity index (χ0n) is 7.14. The molecule has 66 valence electrons. The van der Waals surface area contributed by atoms with E-state index in [0.717, 1.165) is 0 Å². The molecule has 0 bridgehead atoms. The largest absolute Gasteiger partial charge is 0.484 e. The summed E-state index contributed by atoms with van der Waals surface area (Å²) in [5, 5.41) is 5.75. The van der Waals surface area contributed by atoms with E-state index < -0.39 is 0 Å². The molecule has 11 heavy (non-hydrogen) atoms. The molecule has 0 saturated heterocycles. The molecule has 0 saturated carbocycles. The van der Waals surface area contributed by atoms with Crippen LogP contribution in [-0.2, 0) is 9.47 Å². The number of ether oxygens (including phenoxy) is 2. The van der Waals surface area contributed by atoms with E-state index in [1.54, 1.807) is 6.92 Å². The molecule has 0 aliphatic heterocycles. The average Bonchev–Trinajstić information content (AvgIpc) is 1.96. The summed E-state index contributed by atoms with van der Waals surface area (Å²) in [7, 11) is 1.82. The van der Waals surface area contributed by atoms with Crippen LogP contribution in [-0.4, -0.2) is 27.2 Å². The van der Waals surface area contributed by atoms with Crippen molar-refractivity contribution >= 4 is 0 Å². The van der Waals surface area contributed by atoms with Gasteiger partial charge < -0.3 is 9.47 Å². The first-order valence-electron chi connectivity index (χ1n) is 3.48. The van der Waals surface area contributed by atoms with Gasteiger partial charge in [-0.1, -0.05) is 6.58 Å². The first kappa shape index (κ1) is 10.4. The highest BCUT2D eigenvalue weighted by Crippen LogP contribution is 1.85. The predicted molar refractivity (Wildman–Crippen MR) is 43.8 cm³/mol. The average molecular weight is 160 g/mol. The number of rotatable bonds is 7. The van der Waals surface area contributed by atoms with E-state index in [2.05, 4.69) is 17.2 Å². The Balaban J connectivity index is 2.85. The van der Waals surface area contributed by atoms with Crippen molar-refractivity contribution in [2.45, 2.75) is 6.92 Å². The summed E-state index contributed by atoms with van der Waals surface area (Å²) in [4.78, 5) is 0. The molecule has 0 aliphatic carbocycles. The molecule has 0 fully saturated rings. The third-order valence-electron chi connectivity index (χ3n) is 0.871. The molecule has 0 spiro atoms. The van der Waals surface area contributed by atoms with Crippen molar-refractivity contribution in [3.63, 3.8) is 0 Å². The molecule has 0 atom stereocenters. The van der Waals surface area contributed by atoms with Gasteiger partial charge in [-0.2, -0.15) is 0 Å². The summed E-state index contributed by atoms with van der Waals surface area (Å²) in [6, 6.07) is 0. The molecule has 0 aromatic heterocycles. The quantitative estimate of drug-likeness (QED) is 0.318. The maximum Gasteiger partial charge on any atom is 0.140 e. The molecule has 0 radical (unpaired) electrons. The summed E-state index contributed by atoms with van der Waals surface area (Å²) in [5.41, 5.74) is 0. The minimum absolute atomic E-state index is 0.443. The van der Waals surface area contributed by atoms with Gasteiger partial charge in [-0.15, -0.1) is 0 Å². The van der Waals surface area contributed by atoms with Gasteiger partial charge in [0.15, 0.2) is 0 Å². The number of hydrogen-bond acceptors (Lipinski definition) is 4. The first-order valence-corrected chi connectivity index (χ1v) is 3.48. The van der Waals surface area contributed by atoms with Crippen LogP contribution < -0.4 is 10.6 Å². The summed E-state index contributed by atoms with van der Waals surface area (Å²) in [6.07, 6.45) is 0. The summed E-state index contributed by atoms with van der Waals surface area (Å²) in [6.45, 7) is 6.84. The fourth-order valence-electron chi connectivity index (χ4n) is 0.441.